The zero-order chi connectivity index (χ0) is 22.3. The molecule has 2 rings (SSSR count). The second kappa shape index (κ2) is 9.73. The van der Waals surface area contributed by atoms with Crippen LogP contribution in [0.25, 0.3) is 0 Å². The third kappa shape index (κ3) is 6.77. The Hall–Kier alpha value is -3.62. The molecule has 160 valence electrons. The number of methoxy groups -OCH3 is 1. The lowest BCUT2D eigenvalue weighted by Gasteiger charge is -2.22. The Kier molecular flexibility index (Phi) is 7.35. The Balaban J connectivity index is 2.09. The Morgan fingerprint density at radius 3 is 2.30 bits per heavy atom. The van der Waals surface area contributed by atoms with Gasteiger partial charge >= 0.3 is 17.7 Å². The number of carbonyl (C=O) groups excluding carboxylic acids is 2. The van der Waals surface area contributed by atoms with E-state index in [9.17, 15) is 19.7 Å². The fraction of sp³-hybridized carbons (Fsp3) is 0.333. The Morgan fingerprint density at radius 2 is 1.73 bits per heavy atom. The maximum absolute atomic E-state index is 12.0. The molecule has 2 aromatic carbocycles. The Bertz CT molecular complexity index is 904. The van der Waals surface area contributed by atoms with Crippen molar-refractivity contribution in [3.8, 4) is 11.5 Å². The van der Waals surface area contributed by atoms with Crippen molar-refractivity contribution in [1.82, 2.24) is 5.32 Å². The number of alkyl carbamates (subject to hydrolysis) is 1. The van der Waals surface area contributed by atoms with Crippen LogP contribution in [0.15, 0.2) is 48.5 Å². The highest BCUT2D eigenvalue weighted by atomic mass is 16.6. The monoisotopic (exact) mass is 416 g/mol. The van der Waals surface area contributed by atoms with Gasteiger partial charge in [0, 0.05) is 12.5 Å². The van der Waals surface area contributed by atoms with Crippen LogP contribution in [-0.4, -0.2) is 35.7 Å². The molecule has 0 aliphatic carbocycles. The number of ether oxygens (including phenoxy) is 3. The predicted octanol–water partition coefficient (Wildman–Crippen LogP) is 4.00. The van der Waals surface area contributed by atoms with Crippen LogP contribution >= 0.6 is 0 Å². The van der Waals surface area contributed by atoms with Crippen molar-refractivity contribution in [2.75, 3.05) is 7.11 Å². The minimum Gasteiger partial charge on any atom is -0.467 e. The van der Waals surface area contributed by atoms with E-state index in [-0.39, 0.29) is 17.9 Å². The number of amides is 1. The fourth-order valence-electron chi connectivity index (χ4n) is 2.54. The third-order valence-corrected chi connectivity index (χ3v) is 3.83. The maximum atomic E-state index is 12.0. The van der Waals surface area contributed by atoms with E-state index in [0.29, 0.717) is 5.75 Å². The third-order valence-electron chi connectivity index (χ3n) is 3.83. The van der Waals surface area contributed by atoms with Crippen molar-refractivity contribution in [3.05, 3.63) is 64.2 Å². The standard InChI is InChI=1S/C21H24N2O7/c1-21(2,3)30-20(25)22-16(19(24)28-4)13-14-9-11-15(12-10-14)29-18-8-6-5-7-17(18)23(26)27/h5-12,16H,13H2,1-4H3,(H,22,25)/t16-/m0/s1. The molecular weight excluding hydrogens is 392 g/mol. The first-order valence-corrected chi connectivity index (χ1v) is 9.16. The van der Waals surface area contributed by atoms with E-state index in [0.717, 1.165) is 5.56 Å². The van der Waals surface area contributed by atoms with E-state index in [1.165, 1.54) is 19.2 Å². The Morgan fingerprint density at radius 1 is 1.10 bits per heavy atom. The van der Waals surface area contributed by atoms with E-state index >= 15 is 0 Å². The highest BCUT2D eigenvalue weighted by Crippen LogP contribution is 2.30. The normalized spacial score (nSPS) is 11.9. The number of carbonyl (C=O) groups is 2. The van der Waals surface area contributed by atoms with E-state index < -0.39 is 28.6 Å². The van der Waals surface area contributed by atoms with Gasteiger partial charge in [-0.2, -0.15) is 0 Å². The molecule has 9 heteroatoms. The molecule has 0 spiro atoms. The molecule has 2 aromatic rings. The smallest absolute Gasteiger partial charge is 0.408 e. The molecule has 0 aromatic heterocycles. The first-order valence-electron chi connectivity index (χ1n) is 9.16. The number of hydrogen-bond acceptors (Lipinski definition) is 7. The second-order valence-corrected chi connectivity index (χ2v) is 7.40. The zero-order valence-electron chi connectivity index (χ0n) is 17.2. The van der Waals surface area contributed by atoms with Crippen LogP contribution in [0.4, 0.5) is 10.5 Å². The van der Waals surface area contributed by atoms with Gasteiger partial charge in [0.15, 0.2) is 0 Å². The number of nitrogens with zero attached hydrogens (tertiary/aromatic N) is 1. The summed E-state index contributed by atoms with van der Waals surface area (Å²) in [5, 5.41) is 13.6. The molecular formula is C21H24N2O7. The first-order chi connectivity index (χ1) is 14.1. The molecule has 0 saturated heterocycles. The molecule has 0 aliphatic heterocycles. The van der Waals surface area contributed by atoms with Crippen molar-refractivity contribution < 1.29 is 28.7 Å². The number of para-hydroxylation sites is 2. The Labute approximate surface area is 174 Å². The van der Waals surface area contributed by atoms with Crippen molar-refractivity contribution in [3.63, 3.8) is 0 Å². The first kappa shape index (κ1) is 22.7. The molecule has 1 atom stereocenters. The van der Waals surface area contributed by atoms with E-state index in [4.69, 9.17) is 14.2 Å². The molecule has 0 saturated carbocycles. The summed E-state index contributed by atoms with van der Waals surface area (Å²) >= 11 is 0. The van der Waals surface area contributed by atoms with Gasteiger partial charge in [0.2, 0.25) is 5.75 Å². The predicted molar refractivity (Wildman–Crippen MR) is 108 cm³/mol. The van der Waals surface area contributed by atoms with Gasteiger partial charge in [0.1, 0.15) is 17.4 Å². The number of hydrogen-bond donors (Lipinski definition) is 1. The number of benzene rings is 2. The molecule has 30 heavy (non-hydrogen) atoms. The van der Waals surface area contributed by atoms with Crippen LogP contribution in [0, 0.1) is 10.1 Å². The summed E-state index contributed by atoms with van der Waals surface area (Å²) in [5.41, 5.74) is -0.130. The number of nitrogens with one attached hydrogen (secondary N) is 1. The number of nitro groups is 1. The molecule has 0 aliphatic rings. The summed E-state index contributed by atoms with van der Waals surface area (Å²) < 4.78 is 15.5. The lowest BCUT2D eigenvalue weighted by Crippen LogP contribution is -2.45. The summed E-state index contributed by atoms with van der Waals surface area (Å²) in [6.07, 6.45) is -0.563. The summed E-state index contributed by atoms with van der Waals surface area (Å²) in [5.74, 6) is -0.0989. The fourth-order valence-corrected chi connectivity index (χ4v) is 2.54. The lowest BCUT2D eigenvalue weighted by molar-refractivity contribution is -0.385. The van der Waals surface area contributed by atoms with Gasteiger partial charge in [-0.3, -0.25) is 10.1 Å². The molecule has 0 bridgehead atoms. The summed E-state index contributed by atoms with van der Waals surface area (Å²) in [4.78, 5) is 34.6. The largest absolute Gasteiger partial charge is 0.467 e. The topological polar surface area (TPSA) is 117 Å². The minimum absolute atomic E-state index is 0.120. The molecule has 9 nitrogen and oxygen atoms in total. The van der Waals surface area contributed by atoms with Crippen LogP contribution < -0.4 is 10.1 Å². The molecule has 0 fully saturated rings. The number of esters is 1. The molecule has 0 heterocycles. The van der Waals surface area contributed by atoms with Gasteiger partial charge in [-0.1, -0.05) is 24.3 Å². The van der Waals surface area contributed by atoms with E-state index in [1.807, 2.05) is 0 Å². The van der Waals surface area contributed by atoms with Crippen LogP contribution in [-0.2, 0) is 20.7 Å². The average Bonchev–Trinajstić information content (AvgIpc) is 2.67. The summed E-state index contributed by atoms with van der Waals surface area (Å²) in [6.45, 7) is 5.15. The van der Waals surface area contributed by atoms with E-state index in [1.54, 1.807) is 57.2 Å². The average molecular weight is 416 g/mol. The minimum atomic E-state index is -0.938. The van der Waals surface area contributed by atoms with Gasteiger partial charge in [0.05, 0.1) is 12.0 Å². The van der Waals surface area contributed by atoms with Crippen LogP contribution in [0.5, 0.6) is 11.5 Å². The van der Waals surface area contributed by atoms with Crippen LogP contribution in [0.2, 0.25) is 0 Å². The van der Waals surface area contributed by atoms with Gasteiger partial charge in [-0.05, 0) is 44.5 Å². The highest BCUT2D eigenvalue weighted by molar-refractivity contribution is 5.81. The molecule has 0 unspecified atom stereocenters. The zero-order valence-corrected chi connectivity index (χ0v) is 17.2. The summed E-state index contributed by atoms with van der Waals surface area (Å²) in [7, 11) is 1.23. The van der Waals surface area contributed by atoms with Gasteiger partial charge < -0.3 is 19.5 Å². The molecule has 1 N–H and O–H groups in total. The SMILES string of the molecule is COC(=O)[C@H](Cc1ccc(Oc2ccccc2[N+](=O)[O-])cc1)NC(=O)OC(C)(C)C. The van der Waals surface area contributed by atoms with Gasteiger partial charge in [-0.15, -0.1) is 0 Å². The van der Waals surface area contributed by atoms with Gasteiger partial charge in [0.25, 0.3) is 0 Å². The lowest BCUT2D eigenvalue weighted by atomic mass is 10.1. The molecule has 1 amide bonds. The van der Waals surface area contributed by atoms with Gasteiger partial charge in [-0.25, -0.2) is 9.59 Å². The maximum Gasteiger partial charge on any atom is 0.408 e. The summed E-state index contributed by atoms with van der Waals surface area (Å²) in [6, 6.07) is 11.7. The van der Waals surface area contributed by atoms with Crippen molar-refractivity contribution >= 4 is 17.7 Å². The molecule has 0 radical (unpaired) electrons. The number of rotatable bonds is 7. The van der Waals surface area contributed by atoms with Crippen molar-refractivity contribution in [2.24, 2.45) is 0 Å². The van der Waals surface area contributed by atoms with Crippen LogP contribution in [0.3, 0.4) is 0 Å². The second-order valence-electron chi connectivity index (χ2n) is 7.40. The quantitative estimate of drug-likeness (QED) is 0.412. The van der Waals surface area contributed by atoms with Crippen molar-refractivity contribution in [2.45, 2.75) is 38.8 Å². The van der Waals surface area contributed by atoms with Crippen molar-refractivity contribution in [1.29, 1.82) is 0 Å². The number of nitro benzene ring substituents is 1. The highest BCUT2D eigenvalue weighted by Gasteiger charge is 2.25. The van der Waals surface area contributed by atoms with Crippen LogP contribution in [0.1, 0.15) is 26.3 Å². The van der Waals surface area contributed by atoms with E-state index in [2.05, 4.69) is 5.32 Å².